The van der Waals surface area contributed by atoms with Crippen molar-refractivity contribution < 1.29 is 0 Å². The van der Waals surface area contributed by atoms with E-state index in [4.69, 9.17) is 0 Å². The lowest BCUT2D eigenvalue weighted by Gasteiger charge is -2.36. The van der Waals surface area contributed by atoms with E-state index in [1.165, 1.54) is 18.4 Å². The van der Waals surface area contributed by atoms with Gasteiger partial charge in [-0.1, -0.05) is 19.9 Å². The predicted octanol–water partition coefficient (Wildman–Crippen LogP) is 5.44. The topological polar surface area (TPSA) is 15.3 Å². The van der Waals surface area contributed by atoms with Gasteiger partial charge in [0.1, 0.15) is 0 Å². The number of piperazine rings is 1. The number of benzene rings is 1. The van der Waals surface area contributed by atoms with Gasteiger partial charge >= 0.3 is 0 Å². The molecule has 1 aliphatic rings. The predicted molar refractivity (Wildman–Crippen MR) is 108 cm³/mol. The van der Waals surface area contributed by atoms with Gasteiger partial charge in [0.05, 0.1) is 0 Å². The zero-order valence-corrected chi connectivity index (χ0v) is 18.0. The first-order valence-corrected chi connectivity index (χ1v) is 9.06. The average molecular weight is 477 g/mol. The molecule has 2 rings (SSSR count). The molecular formula is C16H26Br2Cl2N2. The minimum Gasteiger partial charge on any atom is -0.314 e. The third-order valence-corrected chi connectivity index (χ3v) is 5.82. The van der Waals surface area contributed by atoms with Gasteiger partial charge in [0.25, 0.3) is 0 Å². The molecule has 1 aromatic rings. The highest BCUT2D eigenvalue weighted by Crippen LogP contribution is 2.32. The van der Waals surface area contributed by atoms with Crippen molar-refractivity contribution in [1.82, 2.24) is 10.2 Å². The molecule has 0 bridgehead atoms. The van der Waals surface area contributed by atoms with E-state index in [9.17, 15) is 0 Å². The van der Waals surface area contributed by atoms with Crippen LogP contribution in [0.3, 0.4) is 0 Å². The second-order valence-electron chi connectivity index (χ2n) is 5.95. The van der Waals surface area contributed by atoms with Gasteiger partial charge in [0.15, 0.2) is 0 Å². The lowest BCUT2D eigenvalue weighted by molar-refractivity contribution is 0.159. The van der Waals surface area contributed by atoms with Gasteiger partial charge in [0.2, 0.25) is 0 Å². The van der Waals surface area contributed by atoms with Crippen molar-refractivity contribution in [2.45, 2.75) is 32.7 Å². The van der Waals surface area contributed by atoms with Crippen molar-refractivity contribution in [3.05, 3.63) is 32.7 Å². The van der Waals surface area contributed by atoms with Crippen LogP contribution in [-0.4, -0.2) is 31.1 Å². The molecule has 0 saturated carbocycles. The van der Waals surface area contributed by atoms with Crippen molar-refractivity contribution in [1.29, 1.82) is 0 Å². The smallest absolute Gasteiger partial charge is 0.0349 e. The molecule has 0 spiro atoms. The summed E-state index contributed by atoms with van der Waals surface area (Å²) in [5.41, 5.74) is 1.43. The summed E-state index contributed by atoms with van der Waals surface area (Å²) in [6, 6.07) is 7.24. The molecule has 0 amide bonds. The Hall–Kier alpha value is 0.680. The first-order chi connectivity index (χ1) is 9.58. The van der Waals surface area contributed by atoms with Gasteiger partial charge in [-0.2, -0.15) is 0 Å². The fraction of sp³-hybridized carbons (Fsp3) is 0.625. The van der Waals surface area contributed by atoms with Crippen molar-refractivity contribution in [2.75, 3.05) is 26.2 Å². The van der Waals surface area contributed by atoms with Crippen molar-refractivity contribution in [3.8, 4) is 0 Å². The third kappa shape index (κ3) is 6.66. The number of hydrogen-bond donors (Lipinski definition) is 1. The minimum absolute atomic E-state index is 0. The molecule has 1 N–H and O–H groups in total. The van der Waals surface area contributed by atoms with Gasteiger partial charge in [0, 0.05) is 41.2 Å². The van der Waals surface area contributed by atoms with Crippen molar-refractivity contribution in [3.63, 3.8) is 0 Å². The molecule has 2 nitrogen and oxygen atoms in total. The molecule has 0 aromatic heterocycles. The maximum Gasteiger partial charge on any atom is 0.0349 e. The van der Waals surface area contributed by atoms with Gasteiger partial charge < -0.3 is 5.32 Å². The quantitative estimate of drug-likeness (QED) is 0.608. The monoisotopic (exact) mass is 474 g/mol. The van der Waals surface area contributed by atoms with Crippen LogP contribution in [0.2, 0.25) is 0 Å². The molecular weight excluding hydrogens is 451 g/mol. The maximum absolute atomic E-state index is 3.64. The third-order valence-electron chi connectivity index (χ3n) is 3.94. The summed E-state index contributed by atoms with van der Waals surface area (Å²) in [7, 11) is 0. The molecule has 1 aromatic carbocycles. The molecule has 1 heterocycles. The second-order valence-corrected chi connectivity index (χ2v) is 7.66. The standard InChI is InChI=1S/C16H24Br2N2.2ClH/c1-12(2)3-6-16(20-9-7-19-8-10-20)13-4-5-14(17)15(18)11-13;;/h4-5,11-12,16,19H,3,6-10H2,1-2H3;2*1H/t16-;;/m1../s1. The Kier molecular flexibility index (Phi) is 11.6. The Bertz CT molecular complexity index is 438. The number of halogens is 4. The minimum atomic E-state index is 0. The van der Waals surface area contributed by atoms with Crippen LogP contribution >= 0.6 is 56.7 Å². The molecule has 1 saturated heterocycles. The normalized spacial score (nSPS) is 16.8. The van der Waals surface area contributed by atoms with Crippen LogP contribution in [0.5, 0.6) is 0 Å². The van der Waals surface area contributed by atoms with E-state index in [-0.39, 0.29) is 24.8 Å². The number of rotatable bonds is 5. The summed E-state index contributed by atoms with van der Waals surface area (Å²) >= 11 is 7.21. The Labute approximate surface area is 163 Å². The number of nitrogens with zero attached hydrogens (tertiary/aromatic N) is 1. The van der Waals surface area contributed by atoms with E-state index >= 15 is 0 Å². The van der Waals surface area contributed by atoms with Crippen LogP contribution in [0.25, 0.3) is 0 Å². The van der Waals surface area contributed by atoms with Gasteiger partial charge in [-0.3, -0.25) is 4.90 Å². The molecule has 22 heavy (non-hydrogen) atoms. The number of nitrogens with one attached hydrogen (secondary N) is 1. The second kappa shape index (κ2) is 11.3. The summed E-state index contributed by atoms with van der Waals surface area (Å²) in [6.45, 7) is 9.14. The summed E-state index contributed by atoms with van der Waals surface area (Å²) in [5.74, 6) is 0.763. The highest BCUT2D eigenvalue weighted by Gasteiger charge is 2.22. The fourth-order valence-corrected chi connectivity index (χ4v) is 3.41. The lowest BCUT2D eigenvalue weighted by Crippen LogP contribution is -2.45. The summed E-state index contributed by atoms with van der Waals surface area (Å²) in [6.07, 6.45) is 2.52. The molecule has 0 radical (unpaired) electrons. The molecule has 1 atom stereocenters. The van der Waals surface area contributed by atoms with Crippen LogP contribution in [0, 0.1) is 5.92 Å². The molecule has 6 heteroatoms. The SMILES string of the molecule is CC(C)CC[C@H](c1ccc(Br)c(Br)c1)N1CCNCC1.Cl.Cl. The van der Waals surface area contributed by atoms with E-state index in [1.807, 2.05) is 0 Å². The molecule has 1 fully saturated rings. The fourth-order valence-electron chi connectivity index (χ4n) is 2.76. The average Bonchev–Trinajstić information content (AvgIpc) is 2.44. The maximum atomic E-state index is 3.64. The van der Waals surface area contributed by atoms with E-state index in [2.05, 4.69) is 74.1 Å². The first kappa shape index (κ1) is 22.7. The molecule has 0 unspecified atom stereocenters. The van der Waals surface area contributed by atoms with Crippen LogP contribution in [-0.2, 0) is 0 Å². The van der Waals surface area contributed by atoms with Gasteiger partial charge in [-0.25, -0.2) is 0 Å². The zero-order chi connectivity index (χ0) is 14.5. The Morgan fingerprint density at radius 1 is 1.05 bits per heavy atom. The van der Waals surface area contributed by atoms with Crippen LogP contribution in [0.15, 0.2) is 27.1 Å². The van der Waals surface area contributed by atoms with Crippen molar-refractivity contribution >= 4 is 56.7 Å². The summed E-state index contributed by atoms with van der Waals surface area (Å²) in [4.78, 5) is 2.63. The summed E-state index contributed by atoms with van der Waals surface area (Å²) < 4.78 is 2.28. The van der Waals surface area contributed by atoms with Gasteiger partial charge in [-0.05, 0) is 68.3 Å². The Morgan fingerprint density at radius 2 is 1.68 bits per heavy atom. The van der Waals surface area contributed by atoms with Crippen molar-refractivity contribution in [2.24, 2.45) is 5.92 Å². The van der Waals surface area contributed by atoms with Crippen LogP contribution in [0.1, 0.15) is 38.3 Å². The van der Waals surface area contributed by atoms with E-state index in [0.29, 0.717) is 6.04 Å². The van der Waals surface area contributed by atoms with E-state index in [0.717, 1.165) is 41.0 Å². The van der Waals surface area contributed by atoms with Gasteiger partial charge in [-0.15, -0.1) is 24.8 Å². The molecule has 1 aliphatic heterocycles. The zero-order valence-electron chi connectivity index (χ0n) is 13.1. The van der Waals surface area contributed by atoms with Crippen LogP contribution in [0.4, 0.5) is 0 Å². The van der Waals surface area contributed by atoms with E-state index in [1.54, 1.807) is 0 Å². The van der Waals surface area contributed by atoms with Crippen LogP contribution < -0.4 is 5.32 Å². The summed E-state index contributed by atoms with van der Waals surface area (Å²) in [5, 5.41) is 3.45. The molecule has 0 aliphatic carbocycles. The number of hydrogen-bond acceptors (Lipinski definition) is 2. The van der Waals surface area contributed by atoms with E-state index < -0.39 is 0 Å². The first-order valence-electron chi connectivity index (χ1n) is 7.47. The lowest BCUT2D eigenvalue weighted by atomic mass is 9.96. The largest absolute Gasteiger partial charge is 0.314 e. The molecule has 128 valence electrons. The Balaban J connectivity index is 0.00000220. The highest BCUT2D eigenvalue weighted by atomic mass is 79.9. The highest BCUT2D eigenvalue weighted by molar-refractivity contribution is 9.13. The Morgan fingerprint density at radius 3 is 2.23 bits per heavy atom.